The SMILES string of the molecule is NCC1CCCN(c2ccc([N+](=O)[O-])c3ccncc23)C1. The number of nitrogens with two attached hydrogens (primary N) is 1. The van der Waals surface area contributed by atoms with E-state index in [1.54, 1.807) is 24.5 Å². The summed E-state index contributed by atoms with van der Waals surface area (Å²) in [5.41, 5.74) is 6.94. The fourth-order valence-corrected chi connectivity index (χ4v) is 3.07. The molecule has 21 heavy (non-hydrogen) atoms. The number of anilines is 1. The monoisotopic (exact) mass is 286 g/mol. The number of pyridine rings is 1. The number of rotatable bonds is 3. The van der Waals surface area contributed by atoms with Crippen LogP contribution in [0.15, 0.2) is 30.6 Å². The van der Waals surface area contributed by atoms with Gasteiger partial charge in [-0.15, -0.1) is 0 Å². The number of fused-ring (bicyclic) bond motifs is 1. The average molecular weight is 286 g/mol. The standard InChI is InChI=1S/C15H18N4O2/c16-8-11-2-1-7-18(10-11)14-3-4-15(19(20)21)12-5-6-17-9-13(12)14/h3-6,9,11H,1-2,7-8,10,16H2. The van der Waals surface area contributed by atoms with Gasteiger partial charge >= 0.3 is 0 Å². The summed E-state index contributed by atoms with van der Waals surface area (Å²) in [4.78, 5) is 17.2. The van der Waals surface area contributed by atoms with Crippen LogP contribution in [0.2, 0.25) is 0 Å². The molecule has 0 bridgehead atoms. The van der Waals surface area contributed by atoms with Crippen LogP contribution < -0.4 is 10.6 Å². The van der Waals surface area contributed by atoms with Gasteiger partial charge in [0.25, 0.3) is 5.69 Å². The fourth-order valence-electron chi connectivity index (χ4n) is 3.07. The van der Waals surface area contributed by atoms with Crippen LogP contribution in [0, 0.1) is 16.0 Å². The Kier molecular flexibility index (Phi) is 3.70. The van der Waals surface area contributed by atoms with E-state index in [0.717, 1.165) is 37.0 Å². The lowest BCUT2D eigenvalue weighted by atomic mass is 9.97. The lowest BCUT2D eigenvalue weighted by Crippen LogP contribution is -2.38. The van der Waals surface area contributed by atoms with Crippen molar-refractivity contribution in [1.82, 2.24) is 4.98 Å². The van der Waals surface area contributed by atoms with Crippen LogP contribution in [0.25, 0.3) is 10.8 Å². The van der Waals surface area contributed by atoms with Crippen molar-refractivity contribution in [3.05, 3.63) is 40.7 Å². The first-order chi connectivity index (χ1) is 10.2. The smallest absolute Gasteiger partial charge is 0.277 e. The minimum Gasteiger partial charge on any atom is -0.371 e. The van der Waals surface area contributed by atoms with Gasteiger partial charge in [-0.2, -0.15) is 0 Å². The molecule has 0 radical (unpaired) electrons. The lowest BCUT2D eigenvalue weighted by molar-refractivity contribution is -0.383. The van der Waals surface area contributed by atoms with Gasteiger partial charge in [0.2, 0.25) is 0 Å². The van der Waals surface area contributed by atoms with Gasteiger partial charge in [0.05, 0.1) is 10.3 Å². The summed E-state index contributed by atoms with van der Waals surface area (Å²) in [6, 6.07) is 5.13. The average Bonchev–Trinajstić information content (AvgIpc) is 2.53. The maximum absolute atomic E-state index is 11.2. The first kappa shape index (κ1) is 13.8. The molecule has 1 fully saturated rings. The van der Waals surface area contributed by atoms with E-state index in [1.807, 2.05) is 6.07 Å². The van der Waals surface area contributed by atoms with Crippen molar-refractivity contribution in [2.45, 2.75) is 12.8 Å². The quantitative estimate of drug-likeness (QED) is 0.691. The highest BCUT2D eigenvalue weighted by Crippen LogP contribution is 2.34. The van der Waals surface area contributed by atoms with E-state index in [-0.39, 0.29) is 10.6 Å². The first-order valence-electron chi connectivity index (χ1n) is 7.17. The van der Waals surface area contributed by atoms with E-state index in [9.17, 15) is 10.1 Å². The number of non-ortho nitro benzene ring substituents is 1. The molecule has 1 aliphatic rings. The molecule has 0 aliphatic carbocycles. The number of hydrogen-bond donors (Lipinski definition) is 1. The van der Waals surface area contributed by atoms with Crippen LogP contribution >= 0.6 is 0 Å². The maximum Gasteiger partial charge on any atom is 0.277 e. The summed E-state index contributed by atoms with van der Waals surface area (Å²) < 4.78 is 0. The van der Waals surface area contributed by atoms with Crippen molar-refractivity contribution in [3.63, 3.8) is 0 Å². The molecule has 6 heteroatoms. The predicted octanol–water partition coefficient (Wildman–Crippen LogP) is 2.32. The van der Waals surface area contributed by atoms with Gasteiger partial charge in [-0.1, -0.05) is 0 Å². The van der Waals surface area contributed by atoms with Crippen LogP contribution in [0.1, 0.15) is 12.8 Å². The second-order valence-electron chi connectivity index (χ2n) is 5.47. The van der Waals surface area contributed by atoms with Crippen molar-refractivity contribution in [2.75, 3.05) is 24.5 Å². The van der Waals surface area contributed by atoms with E-state index in [4.69, 9.17) is 5.73 Å². The third kappa shape index (κ3) is 2.54. The van der Waals surface area contributed by atoms with Crippen molar-refractivity contribution < 1.29 is 4.92 Å². The van der Waals surface area contributed by atoms with Crippen molar-refractivity contribution in [1.29, 1.82) is 0 Å². The van der Waals surface area contributed by atoms with E-state index in [2.05, 4.69) is 9.88 Å². The number of aromatic nitrogens is 1. The molecule has 2 N–H and O–H groups in total. The van der Waals surface area contributed by atoms with Gasteiger partial charge < -0.3 is 10.6 Å². The van der Waals surface area contributed by atoms with Gasteiger partial charge in [0.15, 0.2) is 0 Å². The van der Waals surface area contributed by atoms with Crippen LogP contribution in [-0.4, -0.2) is 29.5 Å². The normalized spacial score (nSPS) is 18.9. The largest absolute Gasteiger partial charge is 0.371 e. The van der Waals surface area contributed by atoms with Gasteiger partial charge in [-0.3, -0.25) is 15.1 Å². The minimum atomic E-state index is -0.342. The van der Waals surface area contributed by atoms with Gasteiger partial charge in [0, 0.05) is 42.6 Å². The molecule has 2 heterocycles. The Balaban J connectivity index is 2.07. The molecule has 0 spiro atoms. The third-order valence-corrected chi connectivity index (χ3v) is 4.16. The number of nitro groups is 1. The molecule has 1 saturated heterocycles. The zero-order chi connectivity index (χ0) is 14.8. The molecule has 3 rings (SSSR count). The molecule has 110 valence electrons. The number of benzene rings is 1. The summed E-state index contributed by atoms with van der Waals surface area (Å²) in [5.74, 6) is 0.487. The maximum atomic E-state index is 11.2. The number of piperidine rings is 1. The number of nitrogens with zero attached hydrogens (tertiary/aromatic N) is 3. The van der Waals surface area contributed by atoms with Crippen LogP contribution in [0.4, 0.5) is 11.4 Å². The van der Waals surface area contributed by atoms with Crippen LogP contribution in [-0.2, 0) is 0 Å². The summed E-state index contributed by atoms with van der Waals surface area (Å²) in [5, 5.41) is 12.6. The first-order valence-corrected chi connectivity index (χ1v) is 7.17. The van der Waals surface area contributed by atoms with Gasteiger partial charge in [-0.25, -0.2) is 0 Å². The Bertz CT molecular complexity index is 674. The molecule has 2 aromatic rings. The molecular weight excluding hydrogens is 268 g/mol. The highest BCUT2D eigenvalue weighted by molar-refractivity contribution is 5.99. The summed E-state index contributed by atoms with van der Waals surface area (Å²) in [7, 11) is 0. The van der Waals surface area contributed by atoms with Crippen molar-refractivity contribution in [2.24, 2.45) is 11.7 Å². The molecule has 1 aliphatic heterocycles. The zero-order valence-corrected chi connectivity index (χ0v) is 11.7. The van der Waals surface area contributed by atoms with E-state index in [1.165, 1.54) is 0 Å². The summed E-state index contributed by atoms with van der Waals surface area (Å²) in [6.45, 7) is 2.54. The van der Waals surface area contributed by atoms with E-state index in [0.29, 0.717) is 17.8 Å². The molecular formula is C15H18N4O2. The molecule has 1 atom stereocenters. The van der Waals surface area contributed by atoms with Crippen LogP contribution in [0.5, 0.6) is 0 Å². The zero-order valence-electron chi connectivity index (χ0n) is 11.7. The lowest BCUT2D eigenvalue weighted by Gasteiger charge is -2.34. The minimum absolute atomic E-state index is 0.128. The van der Waals surface area contributed by atoms with Gasteiger partial charge in [-0.05, 0) is 37.4 Å². The number of nitro benzene ring substituents is 1. The molecule has 0 saturated carbocycles. The summed E-state index contributed by atoms with van der Waals surface area (Å²) >= 11 is 0. The molecule has 0 amide bonds. The van der Waals surface area contributed by atoms with Crippen LogP contribution in [0.3, 0.4) is 0 Å². The third-order valence-electron chi connectivity index (χ3n) is 4.16. The Morgan fingerprint density at radius 1 is 1.38 bits per heavy atom. The molecule has 1 unspecified atom stereocenters. The molecule has 6 nitrogen and oxygen atoms in total. The highest BCUT2D eigenvalue weighted by Gasteiger charge is 2.22. The van der Waals surface area contributed by atoms with Crippen molar-refractivity contribution >= 4 is 22.1 Å². The Labute approximate surface area is 122 Å². The summed E-state index contributed by atoms with van der Waals surface area (Å²) in [6.07, 6.45) is 5.55. The Morgan fingerprint density at radius 3 is 3.00 bits per heavy atom. The van der Waals surface area contributed by atoms with E-state index < -0.39 is 0 Å². The van der Waals surface area contributed by atoms with Gasteiger partial charge in [0.1, 0.15) is 0 Å². The highest BCUT2D eigenvalue weighted by atomic mass is 16.6. The fraction of sp³-hybridized carbons (Fsp3) is 0.400. The van der Waals surface area contributed by atoms with Crippen molar-refractivity contribution in [3.8, 4) is 0 Å². The molecule has 1 aromatic carbocycles. The number of hydrogen-bond acceptors (Lipinski definition) is 5. The second kappa shape index (κ2) is 5.65. The Morgan fingerprint density at radius 2 is 2.24 bits per heavy atom. The second-order valence-corrected chi connectivity index (χ2v) is 5.47. The topological polar surface area (TPSA) is 85.3 Å². The van der Waals surface area contributed by atoms with E-state index >= 15 is 0 Å². The molecule has 1 aromatic heterocycles. The Hall–Kier alpha value is -2.21. The predicted molar refractivity (Wildman–Crippen MR) is 82.4 cm³/mol.